The van der Waals surface area contributed by atoms with E-state index < -0.39 is 6.03 Å². The lowest BCUT2D eigenvalue weighted by molar-refractivity contribution is 0.251. The van der Waals surface area contributed by atoms with Crippen molar-refractivity contribution < 1.29 is 4.79 Å². The van der Waals surface area contributed by atoms with Gasteiger partial charge in [-0.3, -0.25) is 0 Å². The molecule has 3 N–H and O–H groups in total. The third kappa shape index (κ3) is 8.37. The van der Waals surface area contributed by atoms with Crippen LogP contribution in [0.3, 0.4) is 0 Å². The zero-order valence-corrected chi connectivity index (χ0v) is 11.6. The van der Waals surface area contributed by atoms with E-state index in [-0.39, 0.29) is 0 Å². The maximum atomic E-state index is 10.9. The van der Waals surface area contributed by atoms with Crippen molar-refractivity contribution in [1.29, 1.82) is 0 Å². The molecule has 1 radical (unpaired) electrons. The predicted molar refractivity (Wildman–Crippen MR) is 78.1 cm³/mol. The molecular weight excluding hydrogens is 240 g/mol. The van der Waals surface area contributed by atoms with Crippen LogP contribution in [0.5, 0.6) is 0 Å². The van der Waals surface area contributed by atoms with Gasteiger partial charge in [0.15, 0.2) is 0 Å². The van der Waals surface area contributed by atoms with Gasteiger partial charge in [-0.05, 0) is 25.5 Å². The summed E-state index contributed by atoms with van der Waals surface area (Å²) in [6.45, 7) is 1.68. The topological polar surface area (TPSA) is 81.6 Å². The normalized spacial score (nSPS) is 14.2. The average molecular weight is 265 g/mol. The van der Waals surface area contributed by atoms with Crippen LogP contribution in [0, 0.1) is 0 Å². The van der Waals surface area contributed by atoms with Gasteiger partial charge in [0, 0.05) is 12.7 Å². The van der Waals surface area contributed by atoms with Crippen molar-refractivity contribution in [2.24, 2.45) is 10.7 Å². The first-order valence-corrected chi connectivity index (χ1v) is 7.27. The molecule has 19 heavy (non-hydrogen) atoms. The third-order valence-corrected chi connectivity index (χ3v) is 3.07. The molecule has 1 aliphatic heterocycles. The highest BCUT2D eigenvalue weighted by Crippen LogP contribution is 2.07. The second kappa shape index (κ2) is 10.6. The first-order valence-electron chi connectivity index (χ1n) is 7.27. The summed E-state index contributed by atoms with van der Waals surface area (Å²) in [5.74, 6) is 0.627. The molecule has 5 nitrogen and oxygen atoms in total. The number of unbranched alkanes of at least 4 members (excludes halogenated alkanes) is 7. The highest BCUT2D eigenvalue weighted by atomic mass is 16.2. The number of amidine groups is 1. The van der Waals surface area contributed by atoms with Gasteiger partial charge in [0.25, 0.3) is 0 Å². The van der Waals surface area contributed by atoms with Crippen molar-refractivity contribution in [3.63, 3.8) is 0 Å². The number of aliphatic imine (C=N–C) groups is 1. The molecule has 0 aromatic carbocycles. The average Bonchev–Trinajstić information content (AvgIpc) is 2.41. The first kappa shape index (κ1) is 15.7. The first-order chi connectivity index (χ1) is 9.33. The number of nitrogens with two attached hydrogens (primary N) is 1. The van der Waals surface area contributed by atoms with E-state index in [1.807, 2.05) is 0 Å². The largest absolute Gasteiger partial charge is 0.370 e. The van der Waals surface area contributed by atoms with E-state index in [0.717, 1.165) is 25.9 Å². The van der Waals surface area contributed by atoms with Gasteiger partial charge in [-0.2, -0.15) is 10.3 Å². The monoisotopic (exact) mass is 265 g/mol. The van der Waals surface area contributed by atoms with E-state index in [1.165, 1.54) is 44.7 Å². The van der Waals surface area contributed by atoms with Crippen LogP contribution in [0.1, 0.15) is 51.4 Å². The van der Waals surface area contributed by atoms with Crippen LogP contribution in [-0.4, -0.2) is 25.0 Å². The standard InChI is InChI=1S/C14H25N4O/c15-10-7-5-3-1-2-4-6-8-11-16-13-9-12-17-14(19)18-13/h9,12H,1-8,10-11,15H2,(H,16,18,19). The van der Waals surface area contributed by atoms with E-state index in [9.17, 15) is 4.79 Å². The minimum absolute atomic E-state index is 0.428. The van der Waals surface area contributed by atoms with Crippen LogP contribution in [0.4, 0.5) is 4.79 Å². The van der Waals surface area contributed by atoms with Gasteiger partial charge in [0.1, 0.15) is 5.84 Å². The number of rotatable bonds is 10. The smallest absolute Gasteiger partial charge is 0.368 e. The molecular formula is C14H25N4O. The molecule has 0 bridgehead atoms. The quantitative estimate of drug-likeness (QED) is 0.595. The van der Waals surface area contributed by atoms with E-state index >= 15 is 0 Å². The summed E-state index contributed by atoms with van der Waals surface area (Å²) >= 11 is 0. The summed E-state index contributed by atoms with van der Waals surface area (Å²) < 4.78 is 0. The lowest BCUT2D eigenvalue weighted by Gasteiger charge is -2.08. The third-order valence-electron chi connectivity index (χ3n) is 3.07. The van der Waals surface area contributed by atoms with E-state index in [1.54, 1.807) is 6.08 Å². The number of nitrogens with zero attached hydrogens (tertiary/aromatic N) is 2. The number of hydrogen-bond acceptors (Lipinski definition) is 3. The van der Waals surface area contributed by atoms with Crippen LogP contribution < -0.4 is 16.4 Å². The second-order valence-corrected chi connectivity index (χ2v) is 4.77. The highest BCUT2D eigenvalue weighted by molar-refractivity contribution is 6.02. The van der Waals surface area contributed by atoms with E-state index in [2.05, 4.69) is 15.6 Å². The van der Waals surface area contributed by atoms with Crippen LogP contribution in [0.15, 0.2) is 17.3 Å². The Morgan fingerprint density at radius 1 is 1.00 bits per heavy atom. The number of nitrogens with one attached hydrogen (secondary N) is 1. The Balaban J connectivity index is 1.86. The zero-order chi connectivity index (χ0) is 13.8. The predicted octanol–water partition coefficient (Wildman–Crippen LogP) is 2.31. The zero-order valence-electron chi connectivity index (χ0n) is 11.6. The van der Waals surface area contributed by atoms with Gasteiger partial charge in [-0.1, -0.05) is 38.5 Å². The SMILES string of the molecule is NCCCCCCCCCCNC1=NC(=O)[N]C=C1. The summed E-state index contributed by atoms with van der Waals surface area (Å²) in [7, 11) is 0. The van der Waals surface area contributed by atoms with Gasteiger partial charge < -0.3 is 11.1 Å². The van der Waals surface area contributed by atoms with Crippen LogP contribution in [-0.2, 0) is 0 Å². The molecule has 0 fully saturated rings. The number of hydrogen-bond donors (Lipinski definition) is 2. The second-order valence-electron chi connectivity index (χ2n) is 4.77. The molecule has 2 amide bonds. The van der Waals surface area contributed by atoms with E-state index in [0.29, 0.717) is 5.84 Å². The Morgan fingerprint density at radius 3 is 2.26 bits per heavy atom. The molecule has 107 valence electrons. The maximum absolute atomic E-state index is 10.9. The molecule has 0 spiro atoms. The molecule has 1 aliphatic rings. The van der Waals surface area contributed by atoms with Crippen molar-refractivity contribution in [2.45, 2.75) is 51.4 Å². The lowest BCUT2D eigenvalue weighted by Crippen LogP contribution is -2.27. The molecule has 0 aromatic rings. The fourth-order valence-electron chi connectivity index (χ4n) is 1.99. The molecule has 1 rings (SSSR count). The highest BCUT2D eigenvalue weighted by Gasteiger charge is 2.05. The molecule has 1 heterocycles. The Labute approximate surface area is 115 Å². The van der Waals surface area contributed by atoms with Gasteiger partial charge in [0.2, 0.25) is 0 Å². The van der Waals surface area contributed by atoms with Gasteiger partial charge >= 0.3 is 6.03 Å². The minimum Gasteiger partial charge on any atom is -0.370 e. The van der Waals surface area contributed by atoms with Crippen molar-refractivity contribution >= 4 is 11.9 Å². The molecule has 0 aromatic heterocycles. The summed E-state index contributed by atoms with van der Waals surface area (Å²) in [4.78, 5) is 14.7. The number of carbonyl (C=O) groups is 1. The number of carbonyl (C=O) groups excluding carboxylic acids is 1. The number of amides is 2. The Morgan fingerprint density at radius 2 is 1.63 bits per heavy atom. The molecule has 0 unspecified atom stereocenters. The fourth-order valence-corrected chi connectivity index (χ4v) is 1.99. The van der Waals surface area contributed by atoms with Gasteiger partial charge in [-0.25, -0.2) is 4.79 Å². The van der Waals surface area contributed by atoms with E-state index in [4.69, 9.17) is 5.73 Å². The summed E-state index contributed by atoms with van der Waals surface area (Å²) in [6.07, 6.45) is 13.2. The molecule has 5 heteroatoms. The van der Waals surface area contributed by atoms with Crippen molar-refractivity contribution in [1.82, 2.24) is 10.6 Å². The Kier molecular flexibility index (Phi) is 8.72. The molecule has 0 saturated carbocycles. The fraction of sp³-hybridized carbons (Fsp3) is 0.714. The van der Waals surface area contributed by atoms with Crippen molar-refractivity contribution in [3.8, 4) is 0 Å². The van der Waals surface area contributed by atoms with Crippen LogP contribution in [0.2, 0.25) is 0 Å². The Hall–Kier alpha value is -1.36. The molecule has 0 aliphatic carbocycles. The van der Waals surface area contributed by atoms with Crippen LogP contribution >= 0.6 is 0 Å². The Bertz CT molecular complexity index is 313. The summed E-state index contributed by atoms with van der Waals surface area (Å²) in [5, 5.41) is 6.66. The summed E-state index contributed by atoms with van der Waals surface area (Å²) in [5.41, 5.74) is 5.45. The maximum Gasteiger partial charge on any atom is 0.368 e. The summed E-state index contributed by atoms with van der Waals surface area (Å²) in [6, 6.07) is -0.428. The van der Waals surface area contributed by atoms with Gasteiger partial charge in [-0.15, -0.1) is 0 Å². The molecule has 0 saturated heterocycles. The minimum atomic E-state index is -0.428. The van der Waals surface area contributed by atoms with Crippen LogP contribution in [0.25, 0.3) is 0 Å². The molecule has 0 atom stereocenters. The number of urea groups is 1. The van der Waals surface area contributed by atoms with Crippen molar-refractivity contribution in [2.75, 3.05) is 13.1 Å². The van der Waals surface area contributed by atoms with Gasteiger partial charge in [0.05, 0.1) is 0 Å². The lowest BCUT2D eigenvalue weighted by atomic mass is 10.1. The van der Waals surface area contributed by atoms with Crippen molar-refractivity contribution in [3.05, 3.63) is 12.3 Å².